The highest BCUT2D eigenvalue weighted by atomic mass is 35.5. The van der Waals surface area contributed by atoms with Gasteiger partial charge in [-0.25, -0.2) is 4.68 Å². The van der Waals surface area contributed by atoms with Gasteiger partial charge in [0.15, 0.2) is 0 Å². The third-order valence-electron chi connectivity index (χ3n) is 2.59. The van der Waals surface area contributed by atoms with Crippen molar-refractivity contribution in [2.24, 2.45) is 0 Å². The minimum Gasteiger partial charge on any atom is -0.508 e. The number of anilines is 1. The van der Waals surface area contributed by atoms with E-state index in [9.17, 15) is 5.11 Å². The maximum absolute atomic E-state index is 9.37. The zero-order chi connectivity index (χ0) is 12.3. The molecule has 0 atom stereocenters. The normalized spacial score (nSPS) is 9.89. The van der Waals surface area contributed by atoms with Crippen molar-refractivity contribution in [2.45, 2.75) is 26.9 Å². The molecule has 0 bridgehead atoms. The fourth-order valence-electron chi connectivity index (χ4n) is 1.79. The molecule has 0 aliphatic carbocycles. The Balaban J connectivity index is 0.00000162. The molecule has 0 aliphatic heterocycles. The van der Waals surface area contributed by atoms with Gasteiger partial charge in [0.05, 0.1) is 5.69 Å². The number of phenols is 1. The fourth-order valence-corrected chi connectivity index (χ4v) is 1.79. The van der Waals surface area contributed by atoms with Crippen LogP contribution in [-0.4, -0.2) is 14.9 Å². The molecule has 1 heterocycles. The molecule has 0 unspecified atom stereocenters. The van der Waals surface area contributed by atoms with E-state index in [4.69, 9.17) is 0 Å². The van der Waals surface area contributed by atoms with Gasteiger partial charge >= 0.3 is 0 Å². The molecule has 0 fully saturated rings. The molecule has 5 heteroatoms. The largest absolute Gasteiger partial charge is 0.508 e. The van der Waals surface area contributed by atoms with E-state index in [-0.39, 0.29) is 12.4 Å². The van der Waals surface area contributed by atoms with Crippen LogP contribution < -0.4 is 5.32 Å². The van der Waals surface area contributed by atoms with Crippen molar-refractivity contribution in [1.82, 2.24) is 9.78 Å². The summed E-state index contributed by atoms with van der Waals surface area (Å²) < 4.78 is 1.93. The van der Waals surface area contributed by atoms with E-state index in [1.54, 1.807) is 12.1 Å². The molecule has 0 saturated carbocycles. The van der Waals surface area contributed by atoms with Crippen molar-refractivity contribution in [3.63, 3.8) is 0 Å². The van der Waals surface area contributed by atoms with Crippen LogP contribution >= 0.6 is 12.4 Å². The summed E-state index contributed by atoms with van der Waals surface area (Å²) in [7, 11) is 0. The van der Waals surface area contributed by atoms with Crippen LogP contribution in [0.4, 0.5) is 5.82 Å². The monoisotopic (exact) mass is 267 g/mol. The third-order valence-corrected chi connectivity index (χ3v) is 2.59. The number of aryl methyl sites for hydroxylation is 2. The molecule has 2 rings (SSSR count). The first-order valence-corrected chi connectivity index (χ1v) is 5.75. The van der Waals surface area contributed by atoms with Crippen molar-refractivity contribution in [2.75, 3.05) is 5.32 Å². The van der Waals surface area contributed by atoms with Crippen LogP contribution in [0, 0.1) is 6.92 Å². The number of aromatic nitrogens is 2. The highest BCUT2D eigenvalue weighted by molar-refractivity contribution is 5.85. The molecule has 18 heavy (non-hydrogen) atoms. The van der Waals surface area contributed by atoms with Crippen LogP contribution in [0.25, 0.3) is 0 Å². The van der Waals surface area contributed by atoms with Crippen molar-refractivity contribution >= 4 is 18.2 Å². The fraction of sp³-hybridized carbons (Fsp3) is 0.308. The van der Waals surface area contributed by atoms with Crippen molar-refractivity contribution in [1.29, 1.82) is 0 Å². The molecule has 0 radical (unpaired) electrons. The average molecular weight is 268 g/mol. The molecule has 0 amide bonds. The van der Waals surface area contributed by atoms with E-state index >= 15 is 0 Å². The third kappa shape index (κ3) is 3.40. The molecule has 0 saturated heterocycles. The Kier molecular flexibility index (Phi) is 5.04. The summed E-state index contributed by atoms with van der Waals surface area (Å²) in [5.74, 6) is 1.30. The number of phenolic OH excluding ortho intramolecular Hbond substituents is 1. The molecular formula is C13H18ClN3O. The van der Waals surface area contributed by atoms with Crippen LogP contribution in [0.2, 0.25) is 0 Å². The predicted octanol–water partition coefficient (Wildman–Crippen LogP) is 2.95. The van der Waals surface area contributed by atoms with E-state index in [1.165, 1.54) is 0 Å². The van der Waals surface area contributed by atoms with Crippen molar-refractivity contribution in [3.8, 4) is 5.75 Å². The van der Waals surface area contributed by atoms with E-state index in [0.29, 0.717) is 12.3 Å². The van der Waals surface area contributed by atoms with Gasteiger partial charge in [-0.1, -0.05) is 12.1 Å². The lowest BCUT2D eigenvalue weighted by Gasteiger charge is -2.08. The van der Waals surface area contributed by atoms with Crippen molar-refractivity contribution < 1.29 is 5.11 Å². The van der Waals surface area contributed by atoms with Gasteiger partial charge < -0.3 is 10.4 Å². The second-order valence-corrected chi connectivity index (χ2v) is 4.01. The Labute approximate surface area is 113 Å². The predicted molar refractivity (Wildman–Crippen MR) is 75.3 cm³/mol. The van der Waals surface area contributed by atoms with Gasteiger partial charge in [0.1, 0.15) is 11.6 Å². The first-order valence-electron chi connectivity index (χ1n) is 5.75. The lowest BCUT2D eigenvalue weighted by atomic mass is 10.2. The zero-order valence-corrected chi connectivity index (χ0v) is 11.4. The SMILES string of the molecule is CCn1nc(C)cc1NCc1cccc(O)c1.Cl. The van der Waals surface area contributed by atoms with Crippen LogP contribution in [0.5, 0.6) is 5.75 Å². The Bertz CT molecular complexity index is 511. The first kappa shape index (κ1) is 14.4. The Morgan fingerprint density at radius 1 is 1.33 bits per heavy atom. The number of nitrogens with one attached hydrogen (secondary N) is 1. The molecule has 98 valence electrons. The molecule has 1 aromatic heterocycles. The Morgan fingerprint density at radius 2 is 2.11 bits per heavy atom. The van der Waals surface area contributed by atoms with Crippen molar-refractivity contribution in [3.05, 3.63) is 41.6 Å². The maximum atomic E-state index is 9.37. The summed E-state index contributed by atoms with van der Waals surface area (Å²) >= 11 is 0. The van der Waals surface area contributed by atoms with E-state index in [2.05, 4.69) is 17.3 Å². The zero-order valence-electron chi connectivity index (χ0n) is 10.6. The molecule has 4 nitrogen and oxygen atoms in total. The molecule has 0 spiro atoms. The highest BCUT2D eigenvalue weighted by Crippen LogP contribution is 2.14. The number of rotatable bonds is 4. The molecule has 0 aliphatic rings. The van der Waals surface area contributed by atoms with E-state index in [1.807, 2.05) is 29.8 Å². The lowest BCUT2D eigenvalue weighted by Crippen LogP contribution is -2.06. The molecular weight excluding hydrogens is 250 g/mol. The minimum atomic E-state index is 0. The van der Waals surface area contributed by atoms with Gasteiger partial charge in [-0.15, -0.1) is 12.4 Å². The van der Waals surface area contributed by atoms with E-state index < -0.39 is 0 Å². The quantitative estimate of drug-likeness (QED) is 0.895. The second kappa shape index (κ2) is 6.31. The topological polar surface area (TPSA) is 50.1 Å². The van der Waals surface area contributed by atoms with Crippen LogP contribution in [0.15, 0.2) is 30.3 Å². The van der Waals surface area contributed by atoms with Crippen LogP contribution in [0.3, 0.4) is 0 Å². The van der Waals surface area contributed by atoms with Gasteiger partial charge in [-0.2, -0.15) is 5.10 Å². The Morgan fingerprint density at radius 3 is 2.78 bits per heavy atom. The van der Waals surface area contributed by atoms with Crippen LogP contribution in [0.1, 0.15) is 18.2 Å². The smallest absolute Gasteiger partial charge is 0.124 e. The number of hydrogen-bond acceptors (Lipinski definition) is 3. The number of halogens is 1. The number of hydrogen-bond donors (Lipinski definition) is 2. The average Bonchev–Trinajstić information content (AvgIpc) is 2.67. The molecule has 1 aromatic carbocycles. The van der Waals surface area contributed by atoms with E-state index in [0.717, 1.165) is 23.6 Å². The van der Waals surface area contributed by atoms with Gasteiger partial charge in [0, 0.05) is 19.2 Å². The number of benzene rings is 1. The number of nitrogens with zero attached hydrogens (tertiary/aromatic N) is 2. The highest BCUT2D eigenvalue weighted by Gasteiger charge is 2.03. The van der Waals surface area contributed by atoms with Gasteiger partial charge in [0.2, 0.25) is 0 Å². The summed E-state index contributed by atoms with van der Waals surface area (Å²) in [5, 5.41) is 17.1. The number of aromatic hydroxyl groups is 1. The first-order chi connectivity index (χ1) is 8.19. The summed E-state index contributed by atoms with van der Waals surface area (Å²) in [6.45, 7) is 5.56. The minimum absolute atomic E-state index is 0. The molecule has 2 aromatic rings. The van der Waals surface area contributed by atoms with Gasteiger partial charge in [-0.05, 0) is 31.5 Å². The summed E-state index contributed by atoms with van der Waals surface area (Å²) in [6.07, 6.45) is 0. The Hall–Kier alpha value is -1.68. The molecule has 2 N–H and O–H groups in total. The summed E-state index contributed by atoms with van der Waals surface area (Å²) in [5.41, 5.74) is 2.05. The standard InChI is InChI=1S/C13H17N3O.ClH/c1-3-16-13(7-10(2)15-16)14-9-11-5-4-6-12(17)8-11;/h4-8,14,17H,3,9H2,1-2H3;1H. The van der Waals surface area contributed by atoms with Crippen LogP contribution in [-0.2, 0) is 13.1 Å². The summed E-state index contributed by atoms with van der Waals surface area (Å²) in [6, 6.07) is 9.27. The maximum Gasteiger partial charge on any atom is 0.124 e. The lowest BCUT2D eigenvalue weighted by molar-refractivity contribution is 0.474. The van der Waals surface area contributed by atoms with Gasteiger partial charge in [-0.3, -0.25) is 0 Å². The van der Waals surface area contributed by atoms with Gasteiger partial charge in [0.25, 0.3) is 0 Å². The second-order valence-electron chi connectivity index (χ2n) is 4.01. The summed E-state index contributed by atoms with van der Waals surface area (Å²) in [4.78, 5) is 0.